The first-order valence-electron chi connectivity index (χ1n) is 8.94. The van der Waals surface area contributed by atoms with E-state index in [9.17, 15) is 9.59 Å². The lowest BCUT2D eigenvalue weighted by atomic mass is 9.95. The summed E-state index contributed by atoms with van der Waals surface area (Å²) in [7, 11) is 2.08. The number of nitrogens with one attached hydrogen (secondary N) is 2. The zero-order valence-corrected chi connectivity index (χ0v) is 15.0. The largest absolute Gasteiger partial charge is 0.347 e. The van der Waals surface area contributed by atoms with E-state index in [2.05, 4.69) is 29.2 Å². The molecular weight excluding hydrogens is 320 g/mol. The number of likely N-dealkylation sites (tertiary alicyclic amines) is 1. The van der Waals surface area contributed by atoms with Gasteiger partial charge < -0.3 is 10.2 Å². The smallest absolute Gasteiger partial charge is 0.276 e. The van der Waals surface area contributed by atoms with E-state index in [-0.39, 0.29) is 23.4 Å². The van der Waals surface area contributed by atoms with Crippen molar-refractivity contribution < 1.29 is 14.8 Å². The molecule has 1 aliphatic heterocycles. The van der Waals surface area contributed by atoms with Crippen molar-refractivity contribution in [2.24, 2.45) is 5.92 Å². The van der Waals surface area contributed by atoms with Gasteiger partial charge >= 0.3 is 0 Å². The quantitative estimate of drug-likeness (QED) is 0.517. The first-order valence-corrected chi connectivity index (χ1v) is 8.94. The molecule has 0 aliphatic carbocycles. The van der Waals surface area contributed by atoms with Crippen LogP contribution in [0, 0.1) is 5.92 Å². The maximum atomic E-state index is 12.6. The highest BCUT2D eigenvalue weighted by molar-refractivity contribution is 5.92. The van der Waals surface area contributed by atoms with Crippen LogP contribution in [0.1, 0.15) is 61.1 Å². The third-order valence-electron chi connectivity index (χ3n) is 4.76. The molecule has 0 radical (unpaired) electrons. The van der Waals surface area contributed by atoms with Gasteiger partial charge in [0.25, 0.3) is 5.91 Å². The summed E-state index contributed by atoms with van der Waals surface area (Å²) in [6.07, 6.45) is 6.01. The number of carbonyl (C=O) groups excluding carboxylic acids is 2. The highest BCUT2D eigenvalue weighted by atomic mass is 16.5. The normalized spacial score (nSPS) is 17.1. The van der Waals surface area contributed by atoms with Crippen molar-refractivity contribution in [3.05, 3.63) is 29.6 Å². The molecule has 1 aromatic rings. The number of nitrogens with zero attached hydrogens (tertiary/aromatic N) is 2. The van der Waals surface area contributed by atoms with Gasteiger partial charge in [-0.15, -0.1) is 0 Å². The monoisotopic (exact) mass is 348 g/mol. The summed E-state index contributed by atoms with van der Waals surface area (Å²) in [5, 5.41) is 11.8. The summed E-state index contributed by atoms with van der Waals surface area (Å²) < 4.78 is 0. The van der Waals surface area contributed by atoms with E-state index in [1.807, 2.05) is 0 Å². The highest BCUT2D eigenvalue weighted by Gasteiger charge is 2.26. The Morgan fingerprint density at radius 2 is 2.08 bits per heavy atom. The van der Waals surface area contributed by atoms with Gasteiger partial charge in [0, 0.05) is 12.1 Å². The number of hydroxylamine groups is 1. The SMILES string of the molecule is CCCC[C@H](NC(=O)C1CCN(C)CC1)c1ccc(C(=O)NO)cn1. The topological polar surface area (TPSA) is 94.6 Å². The summed E-state index contributed by atoms with van der Waals surface area (Å²) in [6.45, 7) is 4.00. The maximum Gasteiger partial charge on any atom is 0.276 e. The average molecular weight is 348 g/mol. The van der Waals surface area contributed by atoms with Crippen LogP contribution >= 0.6 is 0 Å². The molecule has 0 bridgehead atoms. The summed E-state index contributed by atoms with van der Waals surface area (Å²) in [6, 6.07) is 3.19. The Kier molecular flexibility index (Phi) is 7.33. The molecule has 2 rings (SSSR count). The van der Waals surface area contributed by atoms with Gasteiger partial charge in [-0.3, -0.25) is 19.8 Å². The summed E-state index contributed by atoms with van der Waals surface area (Å²) in [5.74, 6) is -0.451. The molecule has 1 atom stereocenters. The van der Waals surface area contributed by atoms with Gasteiger partial charge in [0.05, 0.1) is 17.3 Å². The van der Waals surface area contributed by atoms with Crippen molar-refractivity contribution in [3.8, 4) is 0 Å². The summed E-state index contributed by atoms with van der Waals surface area (Å²) in [4.78, 5) is 30.6. The molecule has 0 spiro atoms. The molecule has 7 nitrogen and oxygen atoms in total. The zero-order chi connectivity index (χ0) is 18.2. The maximum absolute atomic E-state index is 12.6. The van der Waals surface area contributed by atoms with Crippen LogP contribution in [0.3, 0.4) is 0 Å². The number of hydrogen-bond acceptors (Lipinski definition) is 5. The summed E-state index contributed by atoms with van der Waals surface area (Å²) >= 11 is 0. The Morgan fingerprint density at radius 1 is 1.36 bits per heavy atom. The molecule has 1 saturated heterocycles. The van der Waals surface area contributed by atoms with Gasteiger partial charge in [-0.2, -0.15) is 0 Å². The number of hydrogen-bond donors (Lipinski definition) is 3. The van der Waals surface area contributed by atoms with E-state index in [0.29, 0.717) is 0 Å². The molecule has 1 aliphatic rings. The Labute approximate surface area is 148 Å². The minimum Gasteiger partial charge on any atom is -0.347 e. The molecule has 3 N–H and O–H groups in total. The number of aromatic nitrogens is 1. The predicted molar refractivity (Wildman–Crippen MR) is 94.1 cm³/mol. The number of amides is 2. The van der Waals surface area contributed by atoms with Crippen molar-refractivity contribution >= 4 is 11.8 Å². The molecular formula is C18H28N4O3. The van der Waals surface area contributed by atoms with Gasteiger partial charge in [0.15, 0.2) is 0 Å². The van der Waals surface area contributed by atoms with E-state index >= 15 is 0 Å². The van der Waals surface area contributed by atoms with Crippen LogP contribution in [-0.2, 0) is 4.79 Å². The number of unbranched alkanes of at least 4 members (excludes halogenated alkanes) is 1. The lowest BCUT2D eigenvalue weighted by Crippen LogP contribution is -2.40. The van der Waals surface area contributed by atoms with Crippen molar-refractivity contribution in [1.29, 1.82) is 0 Å². The number of rotatable bonds is 7. The fourth-order valence-corrected chi connectivity index (χ4v) is 3.07. The Bertz CT molecular complexity index is 568. The minimum absolute atomic E-state index is 0.0553. The Hall–Kier alpha value is -1.99. The van der Waals surface area contributed by atoms with Crippen molar-refractivity contribution in [3.63, 3.8) is 0 Å². The lowest BCUT2D eigenvalue weighted by Gasteiger charge is -2.29. The lowest BCUT2D eigenvalue weighted by molar-refractivity contribution is -0.127. The summed E-state index contributed by atoms with van der Waals surface area (Å²) in [5.41, 5.74) is 2.61. The second-order valence-electron chi connectivity index (χ2n) is 6.69. The van der Waals surface area contributed by atoms with Crippen LogP contribution in [0.2, 0.25) is 0 Å². The third-order valence-corrected chi connectivity index (χ3v) is 4.76. The van der Waals surface area contributed by atoms with E-state index in [4.69, 9.17) is 5.21 Å². The van der Waals surface area contributed by atoms with Gasteiger partial charge in [0.2, 0.25) is 5.91 Å². The number of pyridine rings is 1. The van der Waals surface area contributed by atoms with Crippen LogP contribution in [0.5, 0.6) is 0 Å². The van der Waals surface area contributed by atoms with Crippen LogP contribution in [0.4, 0.5) is 0 Å². The molecule has 138 valence electrons. The first-order chi connectivity index (χ1) is 12.0. The van der Waals surface area contributed by atoms with E-state index < -0.39 is 5.91 Å². The number of carbonyl (C=O) groups is 2. The minimum atomic E-state index is -0.598. The van der Waals surface area contributed by atoms with E-state index in [1.165, 1.54) is 6.20 Å². The van der Waals surface area contributed by atoms with Crippen molar-refractivity contribution in [2.75, 3.05) is 20.1 Å². The fraction of sp³-hybridized carbons (Fsp3) is 0.611. The average Bonchev–Trinajstić information content (AvgIpc) is 2.65. The van der Waals surface area contributed by atoms with Gasteiger partial charge in [-0.1, -0.05) is 19.8 Å². The highest BCUT2D eigenvalue weighted by Crippen LogP contribution is 2.21. The molecule has 0 saturated carbocycles. The van der Waals surface area contributed by atoms with Gasteiger partial charge in [-0.25, -0.2) is 5.48 Å². The molecule has 2 heterocycles. The molecule has 2 amide bonds. The van der Waals surface area contributed by atoms with Crippen LogP contribution in [0.15, 0.2) is 18.3 Å². The van der Waals surface area contributed by atoms with Crippen molar-refractivity contribution in [2.45, 2.75) is 45.1 Å². The molecule has 0 unspecified atom stereocenters. The van der Waals surface area contributed by atoms with Gasteiger partial charge in [-0.05, 0) is 51.5 Å². The zero-order valence-electron chi connectivity index (χ0n) is 15.0. The molecule has 7 heteroatoms. The molecule has 1 aromatic heterocycles. The Balaban J connectivity index is 2.04. The van der Waals surface area contributed by atoms with Crippen LogP contribution in [0.25, 0.3) is 0 Å². The fourth-order valence-electron chi connectivity index (χ4n) is 3.07. The molecule has 25 heavy (non-hydrogen) atoms. The second-order valence-corrected chi connectivity index (χ2v) is 6.69. The Morgan fingerprint density at radius 3 is 2.64 bits per heavy atom. The standard InChI is InChI=1S/C18H28N4O3/c1-3-4-5-16(15-7-6-14(12-19-15)18(24)21-25)20-17(23)13-8-10-22(2)11-9-13/h6-7,12-13,16,25H,3-5,8-11H2,1-2H3,(H,20,23)(H,21,24)/t16-/m0/s1. The molecule has 1 fully saturated rings. The van der Waals surface area contributed by atoms with E-state index in [1.54, 1.807) is 17.6 Å². The molecule has 0 aromatic carbocycles. The van der Waals surface area contributed by atoms with Gasteiger partial charge in [0.1, 0.15) is 0 Å². The second kappa shape index (κ2) is 9.48. The predicted octanol–water partition coefficient (Wildman–Crippen LogP) is 1.89. The number of piperidine rings is 1. The van der Waals surface area contributed by atoms with Crippen LogP contribution in [-0.4, -0.2) is 47.0 Å². The first kappa shape index (κ1) is 19.3. The third kappa shape index (κ3) is 5.51. The van der Waals surface area contributed by atoms with E-state index in [0.717, 1.165) is 50.9 Å². The van der Waals surface area contributed by atoms with Crippen LogP contribution < -0.4 is 10.8 Å². The van der Waals surface area contributed by atoms with Crippen molar-refractivity contribution in [1.82, 2.24) is 20.7 Å².